The van der Waals surface area contributed by atoms with Crippen molar-refractivity contribution in [3.63, 3.8) is 0 Å². The maximum atomic E-state index is 13.5. The Balaban J connectivity index is 2.42. The molecule has 1 atom stereocenters. The van der Waals surface area contributed by atoms with Gasteiger partial charge in [0.15, 0.2) is 0 Å². The van der Waals surface area contributed by atoms with Gasteiger partial charge in [0.05, 0.1) is 11.9 Å². The lowest BCUT2D eigenvalue weighted by atomic mass is 10.1. The highest BCUT2D eigenvalue weighted by atomic mass is 79.9. The molecule has 2 aromatic carbocycles. The van der Waals surface area contributed by atoms with Crippen LogP contribution in [0.5, 0.6) is 0 Å². The summed E-state index contributed by atoms with van der Waals surface area (Å²) in [5, 5.41) is 3.41. The van der Waals surface area contributed by atoms with Gasteiger partial charge in [0.1, 0.15) is 12.6 Å². The molecule has 0 aliphatic rings. The predicted molar refractivity (Wildman–Crippen MR) is 136 cm³/mol. The molecule has 2 rings (SSSR count). The second-order valence-corrected chi connectivity index (χ2v) is 11.2. The minimum atomic E-state index is -3.76. The van der Waals surface area contributed by atoms with E-state index in [9.17, 15) is 18.0 Å². The van der Waals surface area contributed by atoms with Gasteiger partial charge in [-0.25, -0.2) is 8.42 Å². The number of benzene rings is 2. The summed E-state index contributed by atoms with van der Waals surface area (Å²) in [4.78, 5) is 27.8. The van der Waals surface area contributed by atoms with E-state index in [1.54, 1.807) is 48.5 Å². The first-order chi connectivity index (χ1) is 15.4. The van der Waals surface area contributed by atoms with E-state index in [0.717, 1.165) is 20.6 Å². The standard InChI is InChI=1S/C23H29BrClN3O4S/c1-5-21(23(30)26-16(2)3)27(14-17-6-10-19(25)11-7-17)22(29)15-28(33(4,31)32)20-12-8-18(24)9-13-20/h6-13,16,21H,5,14-15H2,1-4H3,(H,26,30)/t21-/m1/s1. The molecule has 2 amide bonds. The fourth-order valence-electron chi connectivity index (χ4n) is 3.31. The van der Waals surface area contributed by atoms with Crippen molar-refractivity contribution >= 4 is 55.1 Å². The Bertz CT molecular complexity index is 1060. The zero-order valence-electron chi connectivity index (χ0n) is 19.1. The molecule has 10 heteroatoms. The van der Waals surface area contributed by atoms with Crippen LogP contribution in [-0.2, 0) is 26.2 Å². The number of nitrogens with one attached hydrogen (secondary N) is 1. The van der Waals surface area contributed by atoms with E-state index in [-0.39, 0.29) is 18.5 Å². The van der Waals surface area contributed by atoms with Crippen LogP contribution in [0.1, 0.15) is 32.8 Å². The average Bonchev–Trinajstić information content (AvgIpc) is 2.72. The van der Waals surface area contributed by atoms with Crippen molar-refractivity contribution < 1.29 is 18.0 Å². The van der Waals surface area contributed by atoms with Crippen LogP contribution < -0.4 is 9.62 Å². The van der Waals surface area contributed by atoms with Crippen molar-refractivity contribution in [2.75, 3.05) is 17.1 Å². The van der Waals surface area contributed by atoms with Crippen molar-refractivity contribution in [2.45, 2.75) is 45.8 Å². The van der Waals surface area contributed by atoms with Crippen LogP contribution in [0.3, 0.4) is 0 Å². The third-order valence-corrected chi connectivity index (χ3v) is 6.80. The van der Waals surface area contributed by atoms with E-state index in [1.807, 2.05) is 20.8 Å². The Kier molecular flexibility index (Phi) is 9.75. The molecule has 0 bridgehead atoms. The lowest BCUT2D eigenvalue weighted by Crippen LogP contribution is -2.53. The molecule has 33 heavy (non-hydrogen) atoms. The van der Waals surface area contributed by atoms with Gasteiger partial charge in [-0.3, -0.25) is 13.9 Å². The normalized spacial score (nSPS) is 12.3. The molecule has 0 aliphatic heterocycles. The third kappa shape index (κ3) is 8.01. The number of hydrogen-bond acceptors (Lipinski definition) is 4. The summed E-state index contributed by atoms with van der Waals surface area (Å²) in [6, 6.07) is 12.7. The van der Waals surface area contributed by atoms with Crippen molar-refractivity contribution in [3.8, 4) is 0 Å². The molecular weight excluding hydrogens is 530 g/mol. The number of amides is 2. The van der Waals surface area contributed by atoms with Crippen LogP contribution in [0.4, 0.5) is 5.69 Å². The molecule has 0 unspecified atom stereocenters. The molecule has 0 saturated carbocycles. The van der Waals surface area contributed by atoms with Gasteiger partial charge in [0, 0.05) is 22.1 Å². The van der Waals surface area contributed by atoms with E-state index in [2.05, 4.69) is 21.2 Å². The summed E-state index contributed by atoms with van der Waals surface area (Å²) in [6.07, 6.45) is 1.42. The first-order valence-electron chi connectivity index (χ1n) is 10.5. The first-order valence-corrected chi connectivity index (χ1v) is 13.5. The monoisotopic (exact) mass is 557 g/mol. The van der Waals surface area contributed by atoms with Gasteiger partial charge in [-0.1, -0.05) is 46.6 Å². The highest BCUT2D eigenvalue weighted by molar-refractivity contribution is 9.10. The molecule has 0 heterocycles. The zero-order valence-corrected chi connectivity index (χ0v) is 22.2. The van der Waals surface area contributed by atoms with Crippen molar-refractivity contribution in [3.05, 3.63) is 63.6 Å². The van der Waals surface area contributed by atoms with Crippen LogP contribution in [0.15, 0.2) is 53.0 Å². The topological polar surface area (TPSA) is 86.8 Å². The number of hydrogen-bond donors (Lipinski definition) is 1. The van der Waals surface area contributed by atoms with Gasteiger partial charge in [0.2, 0.25) is 21.8 Å². The number of carbonyl (C=O) groups excluding carboxylic acids is 2. The van der Waals surface area contributed by atoms with Crippen molar-refractivity contribution in [1.29, 1.82) is 0 Å². The molecule has 7 nitrogen and oxygen atoms in total. The van der Waals surface area contributed by atoms with Crippen LogP contribution >= 0.6 is 27.5 Å². The Morgan fingerprint density at radius 3 is 2.12 bits per heavy atom. The maximum Gasteiger partial charge on any atom is 0.244 e. The van der Waals surface area contributed by atoms with Crippen LogP contribution in [-0.4, -0.2) is 50.0 Å². The first kappa shape index (κ1) is 27.1. The third-order valence-electron chi connectivity index (χ3n) is 4.88. The molecular formula is C23H29BrClN3O4S. The van der Waals surface area contributed by atoms with Gasteiger partial charge in [-0.15, -0.1) is 0 Å². The molecule has 1 N–H and O–H groups in total. The highest BCUT2D eigenvalue weighted by Gasteiger charge is 2.31. The molecule has 0 radical (unpaired) electrons. The number of sulfonamides is 1. The quantitative estimate of drug-likeness (QED) is 0.474. The summed E-state index contributed by atoms with van der Waals surface area (Å²) in [5.74, 6) is -0.770. The molecule has 0 spiro atoms. The second kappa shape index (κ2) is 11.9. The number of carbonyl (C=O) groups is 2. The van der Waals surface area contributed by atoms with Crippen molar-refractivity contribution in [2.24, 2.45) is 0 Å². The van der Waals surface area contributed by atoms with Gasteiger partial charge in [0.25, 0.3) is 0 Å². The van der Waals surface area contributed by atoms with Gasteiger partial charge < -0.3 is 10.2 Å². The maximum absolute atomic E-state index is 13.5. The summed E-state index contributed by atoms with van der Waals surface area (Å²) >= 11 is 9.31. The lowest BCUT2D eigenvalue weighted by Gasteiger charge is -2.33. The van der Waals surface area contributed by atoms with Crippen LogP contribution in [0.25, 0.3) is 0 Å². The van der Waals surface area contributed by atoms with Crippen LogP contribution in [0.2, 0.25) is 5.02 Å². The predicted octanol–water partition coefficient (Wildman–Crippen LogP) is 4.20. The van der Waals surface area contributed by atoms with E-state index in [4.69, 9.17) is 11.6 Å². The molecule has 0 aromatic heterocycles. The smallest absolute Gasteiger partial charge is 0.244 e. The second-order valence-electron chi connectivity index (χ2n) is 7.98. The molecule has 0 fully saturated rings. The lowest BCUT2D eigenvalue weighted by molar-refractivity contribution is -0.140. The minimum Gasteiger partial charge on any atom is -0.352 e. The Hall–Kier alpha value is -2.10. The summed E-state index contributed by atoms with van der Waals surface area (Å²) in [5.41, 5.74) is 1.14. The number of nitrogens with zero attached hydrogens (tertiary/aromatic N) is 2. The Labute approximate surface area is 209 Å². The summed E-state index contributed by atoms with van der Waals surface area (Å²) < 4.78 is 26.9. The Morgan fingerprint density at radius 2 is 1.64 bits per heavy atom. The van der Waals surface area contributed by atoms with Gasteiger partial charge >= 0.3 is 0 Å². The largest absolute Gasteiger partial charge is 0.352 e. The van der Waals surface area contributed by atoms with Gasteiger partial charge in [-0.2, -0.15) is 0 Å². The molecule has 180 valence electrons. The SMILES string of the molecule is CC[C@H](C(=O)NC(C)C)N(Cc1ccc(Cl)cc1)C(=O)CN(c1ccc(Br)cc1)S(C)(=O)=O. The fourth-order valence-corrected chi connectivity index (χ4v) is 4.55. The molecule has 0 aliphatic carbocycles. The van der Waals surface area contributed by atoms with E-state index < -0.39 is 28.5 Å². The zero-order chi connectivity index (χ0) is 24.8. The average molecular weight is 559 g/mol. The van der Waals surface area contributed by atoms with Crippen LogP contribution in [0, 0.1) is 0 Å². The summed E-state index contributed by atoms with van der Waals surface area (Å²) in [7, 11) is -3.76. The fraction of sp³-hybridized carbons (Fsp3) is 0.391. The highest BCUT2D eigenvalue weighted by Crippen LogP contribution is 2.22. The number of halogens is 2. The molecule has 0 saturated heterocycles. The van der Waals surface area contributed by atoms with E-state index >= 15 is 0 Å². The van der Waals surface area contributed by atoms with Crippen molar-refractivity contribution in [1.82, 2.24) is 10.2 Å². The Morgan fingerprint density at radius 1 is 1.06 bits per heavy atom. The summed E-state index contributed by atoms with van der Waals surface area (Å²) in [6.45, 7) is 5.21. The molecule has 2 aromatic rings. The number of rotatable bonds is 10. The number of anilines is 1. The van der Waals surface area contributed by atoms with E-state index in [0.29, 0.717) is 17.1 Å². The van der Waals surface area contributed by atoms with Gasteiger partial charge in [-0.05, 0) is 62.2 Å². The minimum absolute atomic E-state index is 0.102. The van der Waals surface area contributed by atoms with E-state index in [1.165, 1.54) is 4.90 Å².